The molecule has 0 aromatic carbocycles. The van der Waals surface area contributed by atoms with E-state index in [1.54, 1.807) is 0 Å². The van der Waals surface area contributed by atoms with E-state index in [0.717, 1.165) is 0 Å². The Bertz CT molecular complexity index is 78.6. The minimum Gasteiger partial charge on any atom is -0.672 e. The molecule has 0 unspecified atom stereocenters. The monoisotopic (exact) mass is 435 g/mol. The zero-order chi connectivity index (χ0) is 7.15. The summed E-state index contributed by atoms with van der Waals surface area (Å²) in [5.41, 5.74) is 0. The normalized spacial score (nSPS) is 4.36. The van der Waals surface area contributed by atoms with Crippen molar-refractivity contribution in [2.24, 2.45) is 0 Å². The van der Waals surface area contributed by atoms with Gasteiger partial charge in [0.1, 0.15) is 0 Å². The molecule has 11 heavy (non-hydrogen) atoms. The maximum Gasteiger partial charge on any atom is 2.00 e. The minimum absolute atomic E-state index is 0. The van der Waals surface area contributed by atoms with Gasteiger partial charge in [-0.15, -0.1) is 0 Å². The van der Waals surface area contributed by atoms with Crippen molar-refractivity contribution in [3.05, 3.63) is 0 Å². The fraction of sp³-hybridized carbons (Fsp3) is 0. The van der Waals surface area contributed by atoms with Crippen molar-refractivity contribution in [3.63, 3.8) is 0 Å². The van der Waals surface area contributed by atoms with E-state index in [1.807, 2.05) is 0 Å². The van der Waals surface area contributed by atoms with E-state index >= 15 is 0 Å². The Morgan fingerprint density at radius 3 is 0.818 bits per heavy atom. The summed E-state index contributed by atoms with van der Waals surface area (Å²) in [6.45, 7) is 0. The molecule has 0 heterocycles. The van der Waals surface area contributed by atoms with Crippen LogP contribution in [0.15, 0.2) is 0 Å². The van der Waals surface area contributed by atoms with Gasteiger partial charge in [-0.2, -0.15) is 0 Å². The average Bonchev–Trinajstić information content (AvgIpc) is 1.25. The summed E-state index contributed by atoms with van der Waals surface area (Å²) in [6, 6.07) is 0. The Labute approximate surface area is 101 Å². The van der Waals surface area contributed by atoms with Crippen LogP contribution in [-0.2, 0) is 28.4 Å². The van der Waals surface area contributed by atoms with Crippen LogP contribution in [0.5, 0.6) is 0 Å². The van der Waals surface area contributed by atoms with Crippen LogP contribution in [0.2, 0.25) is 0 Å². The molecular formula is BO6PbSi2Zn. The SMILES string of the molecule is O=[Si]([O-])[O-].O=[Si]([O-])[O-].[B].[Pb+2].[Zn+2]. The van der Waals surface area contributed by atoms with Gasteiger partial charge in [0.2, 0.25) is 0 Å². The van der Waals surface area contributed by atoms with Gasteiger partial charge in [0, 0.05) is 26.8 Å². The zero-order valence-electron chi connectivity index (χ0n) is 5.23. The molecule has 0 fully saturated rings. The molecular weight excluding hydrogens is 436 g/mol. The quantitative estimate of drug-likeness (QED) is 0.348. The Morgan fingerprint density at radius 1 is 0.818 bits per heavy atom. The molecule has 0 amide bonds. The molecule has 5 radical (unpaired) electrons. The summed E-state index contributed by atoms with van der Waals surface area (Å²) < 4.78 is 17.0. The maximum absolute atomic E-state index is 8.52. The minimum atomic E-state index is -3.63. The molecule has 0 aromatic heterocycles. The second-order valence-electron chi connectivity index (χ2n) is 0.500. The Morgan fingerprint density at radius 2 is 0.818 bits per heavy atom. The van der Waals surface area contributed by atoms with Gasteiger partial charge in [0.25, 0.3) is 0 Å². The first-order valence-electron chi connectivity index (χ1n) is 1.22. The van der Waals surface area contributed by atoms with Gasteiger partial charge in [-0.1, -0.05) is 0 Å². The average molecular weight is 436 g/mol. The van der Waals surface area contributed by atoms with E-state index in [-0.39, 0.29) is 55.2 Å². The second kappa shape index (κ2) is 22.4. The standard InChI is InChI=1S/B.2O3Si.Pb.Zn/c;2*1-4(2)3;;/q;2*-2;2*+2. The van der Waals surface area contributed by atoms with Gasteiger partial charge in [-0.05, 0) is 0 Å². The van der Waals surface area contributed by atoms with Crippen molar-refractivity contribution in [1.82, 2.24) is 0 Å². The van der Waals surface area contributed by atoms with E-state index in [1.165, 1.54) is 0 Å². The van der Waals surface area contributed by atoms with Crippen LogP contribution in [-0.4, -0.2) is 54.1 Å². The third-order valence-electron chi connectivity index (χ3n) is 0. The first-order valence-corrected chi connectivity index (χ1v) is 3.67. The smallest absolute Gasteiger partial charge is 0.672 e. The largest absolute Gasteiger partial charge is 2.00 e. The Balaban J connectivity index is -0.0000000171. The molecule has 0 aliphatic rings. The fourth-order valence-corrected chi connectivity index (χ4v) is 0. The molecule has 0 atom stereocenters. The van der Waals surface area contributed by atoms with Gasteiger partial charge in [-0.25, -0.2) is 0 Å². The molecule has 6 nitrogen and oxygen atoms in total. The van der Waals surface area contributed by atoms with Crippen molar-refractivity contribution >= 4 is 54.1 Å². The van der Waals surface area contributed by atoms with Crippen LogP contribution in [0.25, 0.3) is 0 Å². The van der Waals surface area contributed by atoms with Gasteiger partial charge < -0.3 is 28.1 Å². The molecule has 0 aliphatic carbocycles. The van der Waals surface area contributed by atoms with Crippen molar-refractivity contribution < 1.29 is 47.6 Å². The van der Waals surface area contributed by atoms with Crippen molar-refractivity contribution in [2.45, 2.75) is 0 Å². The second-order valence-corrected chi connectivity index (χ2v) is 1.50. The zero-order valence-corrected chi connectivity index (χ0v) is 14.1. The van der Waals surface area contributed by atoms with Crippen LogP contribution in [0.4, 0.5) is 0 Å². The summed E-state index contributed by atoms with van der Waals surface area (Å²) >= 11 is 0. The number of rotatable bonds is 0. The molecule has 0 spiro atoms. The molecule has 0 bridgehead atoms. The fourth-order valence-electron chi connectivity index (χ4n) is 0. The van der Waals surface area contributed by atoms with Crippen molar-refractivity contribution in [3.8, 4) is 0 Å². The molecule has 0 saturated carbocycles. The van der Waals surface area contributed by atoms with Crippen LogP contribution < -0.4 is 19.2 Å². The first-order chi connectivity index (χ1) is 3.46. The summed E-state index contributed by atoms with van der Waals surface area (Å²) in [6.07, 6.45) is 0. The van der Waals surface area contributed by atoms with Crippen molar-refractivity contribution in [2.75, 3.05) is 0 Å². The third kappa shape index (κ3) is 1190. The molecule has 0 N–H and O–H groups in total. The van der Waals surface area contributed by atoms with Gasteiger partial charge in [-0.3, -0.25) is 0 Å². The summed E-state index contributed by atoms with van der Waals surface area (Å²) in [5, 5.41) is 0. The van der Waals surface area contributed by atoms with E-state index in [2.05, 4.69) is 0 Å². The van der Waals surface area contributed by atoms with Gasteiger partial charge >= 0.3 is 46.8 Å². The van der Waals surface area contributed by atoms with Crippen LogP contribution in [0, 0.1) is 0 Å². The van der Waals surface area contributed by atoms with Crippen molar-refractivity contribution in [1.29, 1.82) is 0 Å². The summed E-state index contributed by atoms with van der Waals surface area (Å²) in [7, 11) is -7.26. The molecule has 11 heteroatoms. The van der Waals surface area contributed by atoms with Crippen LogP contribution in [0.3, 0.4) is 0 Å². The van der Waals surface area contributed by atoms with E-state index < -0.39 is 18.3 Å². The molecule has 0 aliphatic heterocycles. The Kier molecular flexibility index (Phi) is 60.6. The first kappa shape index (κ1) is 29.7. The molecule has 0 saturated heterocycles. The maximum atomic E-state index is 8.52. The Hall–Kier alpha value is 0.844. The van der Waals surface area contributed by atoms with E-state index in [4.69, 9.17) is 28.1 Å². The predicted octanol–water partition coefficient (Wildman–Crippen LogP) is -6.52. The number of hydrogen-bond acceptors (Lipinski definition) is 6. The van der Waals surface area contributed by atoms with Crippen LogP contribution >= 0.6 is 0 Å². The summed E-state index contributed by atoms with van der Waals surface area (Å²) in [4.78, 5) is 34.1. The van der Waals surface area contributed by atoms with Gasteiger partial charge in [0.15, 0.2) is 0 Å². The van der Waals surface area contributed by atoms with E-state index in [0.29, 0.717) is 0 Å². The predicted molar refractivity (Wildman–Crippen MR) is 24.4 cm³/mol. The molecule has 0 aromatic rings. The van der Waals surface area contributed by atoms with E-state index in [9.17, 15) is 0 Å². The number of hydrogen-bond donors (Lipinski definition) is 0. The summed E-state index contributed by atoms with van der Waals surface area (Å²) in [5.74, 6) is 0. The third-order valence-corrected chi connectivity index (χ3v) is 0. The van der Waals surface area contributed by atoms with Crippen LogP contribution in [0.1, 0.15) is 0 Å². The topological polar surface area (TPSA) is 126 Å². The molecule has 0 rings (SSSR count). The van der Waals surface area contributed by atoms with Gasteiger partial charge in [0.05, 0.1) is 0 Å². The molecule has 53 valence electrons.